The molecule has 0 bridgehead atoms. The van der Waals surface area contributed by atoms with Gasteiger partial charge in [-0.15, -0.1) is 6.58 Å². The van der Waals surface area contributed by atoms with Crippen molar-refractivity contribution in [2.45, 2.75) is 45.4 Å². The summed E-state index contributed by atoms with van der Waals surface area (Å²) in [5.41, 5.74) is 0. The van der Waals surface area contributed by atoms with Crippen LogP contribution in [0.15, 0.2) is 12.7 Å². The van der Waals surface area contributed by atoms with Crippen LogP contribution in [-0.2, 0) is 0 Å². The quantitative estimate of drug-likeness (QED) is 0.506. The number of nitrogens with one attached hydrogen (secondary N) is 1. The number of unbranched alkanes of at least 4 members (excludes halogenated alkanes) is 2. The van der Waals surface area contributed by atoms with Gasteiger partial charge in [-0.2, -0.15) is 0 Å². The molecule has 1 saturated heterocycles. The standard InChI is InChI=1S/C13H25N/c1-3-5-6-8-12-9-10-14-11-13(12)7-4-2/h4,12-14H,2-3,5-11H2,1H3. The van der Waals surface area contributed by atoms with Crippen molar-refractivity contribution in [2.75, 3.05) is 13.1 Å². The molecule has 1 rings (SSSR count). The van der Waals surface area contributed by atoms with Crippen LogP contribution in [-0.4, -0.2) is 13.1 Å². The molecule has 0 aromatic rings. The second kappa shape index (κ2) is 7.05. The molecule has 1 aliphatic rings. The van der Waals surface area contributed by atoms with E-state index in [1.807, 2.05) is 0 Å². The molecular weight excluding hydrogens is 170 g/mol. The lowest BCUT2D eigenvalue weighted by atomic mass is 9.81. The summed E-state index contributed by atoms with van der Waals surface area (Å²) in [6, 6.07) is 0. The van der Waals surface area contributed by atoms with E-state index < -0.39 is 0 Å². The van der Waals surface area contributed by atoms with Gasteiger partial charge in [0.25, 0.3) is 0 Å². The van der Waals surface area contributed by atoms with E-state index in [0.717, 1.165) is 11.8 Å². The Balaban J connectivity index is 2.26. The lowest BCUT2D eigenvalue weighted by Crippen LogP contribution is -2.36. The van der Waals surface area contributed by atoms with Crippen LogP contribution in [0, 0.1) is 11.8 Å². The highest BCUT2D eigenvalue weighted by Crippen LogP contribution is 2.27. The summed E-state index contributed by atoms with van der Waals surface area (Å²) in [6.45, 7) is 8.58. The molecule has 82 valence electrons. The second-order valence-corrected chi connectivity index (χ2v) is 4.53. The Morgan fingerprint density at radius 3 is 2.93 bits per heavy atom. The van der Waals surface area contributed by atoms with Crippen LogP contribution >= 0.6 is 0 Å². The minimum Gasteiger partial charge on any atom is -0.316 e. The summed E-state index contributed by atoms with van der Waals surface area (Å²) in [7, 11) is 0. The van der Waals surface area contributed by atoms with Gasteiger partial charge >= 0.3 is 0 Å². The van der Waals surface area contributed by atoms with Crippen LogP contribution in [0.25, 0.3) is 0 Å². The van der Waals surface area contributed by atoms with E-state index in [-0.39, 0.29) is 0 Å². The molecule has 14 heavy (non-hydrogen) atoms. The molecule has 0 aliphatic carbocycles. The molecule has 1 aliphatic heterocycles. The number of allylic oxidation sites excluding steroid dienone is 1. The molecule has 1 fully saturated rings. The third-order valence-electron chi connectivity index (χ3n) is 3.41. The summed E-state index contributed by atoms with van der Waals surface area (Å²) in [6.07, 6.45) is 10.3. The second-order valence-electron chi connectivity index (χ2n) is 4.53. The molecule has 0 radical (unpaired) electrons. The first-order valence-corrected chi connectivity index (χ1v) is 6.20. The van der Waals surface area contributed by atoms with Crippen molar-refractivity contribution in [3.8, 4) is 0 Å². The molecule has 0 saturated carbocycles. The largest absolute Gasteiger partial charge is 0.316 e. The molecular formula is C13H25N. The van der Waals surface area contributed by atoms with E-state index in [4.69, 9.17) is 0 Å². The fourth-order valence-corrected chi connectivity index (χ4v) is 2.50. The molecule has 1 heteroatoms. The fraction of sp³-hybridized carbons (Fsp3) is 0.846. The SMILES string of the molecule is C=CCC1CNCCC1CCCCC. The highest BCUT2D eigenvalue weighted by Gasteiger charge is 2.22. The van der Waals surface area contributed by atoms with E-state index in [0.29, 0.717) is 0 Å². The Bertz CT molecular complexity index is 153. The predicted octanol–water partition coefficient (Wildman–Crippen LogP) is 3.37. The minimum atomic E-state index is 0.859. The molecule has 2 unspecified atom stereocenters. The van der Waals surface area contributed by atoms with Crippen LogP contribution in [0.1, 0.15) is 45.4 Å². The molecule has 1 nitrogen and oxygen atoms in total. The highest BCUT2D eigenvalue weighted by molar-refractivity contribution is 4.83. The minimum absolute atomic E-state index is 0.859. The summed E-state index contributed by atoms with van der Waals surface area (Å²) in [5, 5.41) is 3.49. The Kier molecular flexibility index (Phi) is 5.93. The number of piperidine rings is 1. The van der Waals surface area contributed by atoms with Gasteiger partial charge in [-0.1, -0.05) is 38.7 Å². The topological polar surface area (TPSA) is 12.0 Å². The first-order valence-electron chi connectivity index (χ1n) is 6.20. The molecule has 2 atom stereocenters. The molecule has 0 aromatic carbocycles. The zero-order chi connectivity index (χ0) is 10.2. The summed E-state index contributed by atoms with van der Waals surface area (Å²) < 4.78 is 0. The van der Waals surface area contributed by atoms with Crippen LogP contribution in [0.3, 0.4) is 0 Å². The Hall–Kier alpha value is -0.300. The predicted molar refractivity (Wildman–Crippen MR) is 63.4 cm³/mol. The monoisotopic (exact) mass is 195 g/mol. The lowest BCUT2D eigenvalue weighted by Gasteiger charge is -2.31. The van der Waals surface area contributed by atoms with Gasteiger partial charge < -0.3 is 5.32 Å². The Labute approximate surface area is 89.0 Å². The zero-order valence-electron chi connectivity index (χ0n) is 9.60. The van der Waals surface area contributed by atoms with Gasteiger partial charge in [0.05, 0.1) is 0 Å². The Morgan fingerprint density at radius 1 is 1.36 bits per heavy atom. The van der Waals surface area contributed by atoms with Gasteiger partial charge in [-0.25, -0.2) is 0 Å². The summed E-state index contributed by atoms with van der Waals surface area (Å²) >= 11 is 0. The third kappa shape index (κ3) is 3.83. The number of hydrogen-bond acceptors (Lipinski definition) is 1. The maximum atomic E-state index is 3.86. The molecule has 0 spiro atoms. The smallest absolute Gasteiger partial charge is 0.00149 e. The van der Waals surface area contributed by atoms with Crippen molar-refractivity contribution < 1.29 is 0 Å². The normalized spacial score (nSPS) is 27.5. The van der Waals surface area contributed by atoms with Gasteiger partial charge in [0, 0.05) is 0 Å². The van der Waals surface area contributed by atoms with Crippen molar-refractivity contribution in [1.29, 1.82) is 0 Å². The van der Waals surface area contributed by atoms with Crippen LogP contribution < -0.4 is 5.32 Å². The van der Waals surface area contributed by atoms with Crippen LogP contribution in [0.5, 0.6) is 0 Å². The first-order chi connectivity index (χ1) is 6.88. The van der Waals surface area contributed by atoms with E-state index in [1.165, 1.54) is 51.6 Å². The van der Waals surface area contributed by atoms with Gasteiger partial charge in [0.1, 0.15) is 0 Å². The van der Waals surface area contributed by atoms with Gasteiger partial charge in [0.15, 0.2) is 0 Å². The average molecular weight is 195 g/mol. The molecule has 0 aromatic heterocycles. The van der Waals surface area contributed by atoms with E-state index in [2.05, 4.69) is 24.9 Å². The van der Waals surface area contributed by atoms with Crippen molar-refractivity contribution in [2.24, 2.45) is 11.8 Å². The molecule has 1 N–H and O–H groups in total. The zero-order valence-corrected chi connectivity index (χ0v) is 9.60. The van der Waals surface area contributed by atoms with Crippen LogP contribution in [0.2, 0.25) is 0 Å². The number of hydrogen-bond donors (Lipinski definition) is 1. The highest BCUT2D eigenvalue weighted by atomic mass is 14.9. The molecule has 0 amide bonds. The van der Waals surface area contributed by atoms with Crippen molar-refractivity contribution >= 4 is 0 Å². The van der Waals surface area contributed by atoms with Gasteiger partial charge in [0.2, 0.25) is 0 Å². The van der Waals surface area contributed by atoms with Crippen LogP contribution in [0.4, 0.5) is 0 Å². The summed E-state index contributed by atoms with van der Waals surface area (Å²) in [5.74, 6) is 1.82. The number of rotatable bonds is 6. The van der Waals surface area contributed by atoms with E-state index in [9.17, 15) is 0 Å². The van der Waals surface area contributed by atoms with E-state index >= 15 is 0 Å². The van der Waals surface area contributed by atoms with E-state index in [1.54, 1.807) is 0 Å². The fourth-order valence-electron chi connectivity index (χ4n) is 2.50. The lowest BCUT2D eigenvalue weighted by molar-refractivity contribution is 0.236. The van der Waals surface area contributed by atoms with Crippen molar-refractivity contribution in [1.82, 2.24) is 5.32 Å². The van der Waals surface area contributed by atoms with Gasteiger partial charge in [-0.3, -0.25) is 0 Å². The third-order valence-corrected chi connectivity index (χ3v) is 3.41. The maximum Gasteiger partial charge on any atom is -0.00149 e. The Morgan fingerprint density at radius 2 is 2.21 bits per heavy atom. The maximum absolute atomic E-state index is 3.86. The molecule has 1 heterocycles. The van der Waals surface area contributed by atoms with Gasteiger partial charge in [-0.05, 0) is 37.8 Å². The van der Waals surface area contributed by atoms with Crippen molar-refractivity contribution in [3.05, 3.63) is 12.7 Å². The first kappa shape index (κ1) is 11.8. The summed E-state index contributed by atoms with van der Waals surface area (Å²) in [4.78, 5) is 0. The van der Waals surface area contributed by atoms with Crippen molar-refractivity contribution in [3.63, 3.8) is 0 Å². The average Bonchev–Trinajstić information content (AvgIpc) is 2.21.